The molecule has 5 atom stereocenters. The fourth-order valence-corrected chi connectivity index (χ4v) is 5.00. The number of ether oxygens (including phenoxy) is 2. The predicted octanol–water partition coefficient (Wildman–Crippen LogP) is 3.50. The highest BCUT2D eigenvalue weighted by molar-refractivity contribution is 6.30. The molecule has 2 aromatic rings. The second-order valence-corrected chi connectivity index (χ2v) is 8.70. The fraction of sp³-hybridized carbons (Fsp3) is 0.591. The number of hydrogen-bond acceptors (Lipinski definition) is 5. The summed E-state index contributed by atoms with van der Waals surface area (Å²) in [5.74, 6) is 1.84. The zero-order valence-corrected chi connectivity index (χ0v) is 18.2. The van der Waals surface area contributed by atoms with Crippen LogP contribution in [0.5, 0.6) is 0 Å². The minimum atomic E-state index is -0.0190. The van der Waals surface area contributed by atoms with Crippen LogP contribution in [-0.4, -0.2) is 47.3 Å². The number of amides is 1. The molecule has 0 saturated heterocycles. The van der Waals surface area contributed by atoms with Gasteiger partial charge in [0.15, 0.2) is 0 Å². The van der Waals surface area contributed by atoms with Gasteiger partial charge >= 0.3 is 0 Å². The van der Waals surface area contributed by atoms with Crippen molar-refractivity contribution in [2.45, 2.75) is 44.9 Å². The van der Waals surface area contributed by atoms with Gasteiger partial charge in [0.2, 0.25) is 0 Å². The molecule has 8 heteroatoms. The average molecular weight is 433 g/mol. The number of methoxy groups -OCH3 is 1. The van der Waals surface area contributed by atoms with Gasteiger partial charge in [0.1, 0.15) is 5.69 Å². The normalized spacial score (nSPS) is 25.7. The molecule has 1 aromatic carbocycles. The molecule has 30 heavy (non-hydrogen) atoms. The number of carbonyl (C=O) groups excluding carboxylic acids is 1. The van der Waals surface area contributed by atoms with Gasteiger partial charge in [-0.05, 0) is 61.3 Å². The van der Waals surface area contributed by atoms with Crippen molar-refractivity contribution in [1.82, 2.24) is 20.3 Å². The molecule has 2 fully saturated rings. The molecule has 1 unspecified atom stereocenters. The summed E-state index contributed by atoms with van der Waals surface area (Å²) in [7, 11) is 1.66. The number of hydrogen-bond donors (Lipinski definition) is 1. The van der Waals surface area contributed by atoms with E-state index < -0.39 is 0 Å². The lowest BCUT2D eigenvalue weighted by Gasteiger charge is -2.21. The summed E-state index contributed by atoms with van der Waals surface area (Å²) in [4.78, 5) is 12.6. The number of halogens is 1. The molecule has 162 valence electrons. The van der Waals surface area contributed by atoms with Crippen molar-refractivity contribution >= 4 is 17.5 Å². The average Bonchev–Trinajstić information content (AvgIpc) is 3.11. The van der Waals surface area contributed by atoms with Gasteiger partial charge in [-0.3, -0.25) is 4.79 Å². The Bertz CT molecular complexity index is 844. The van der Waals surface area contributed by atoms with Gasteiger partial charge in [-0.25, -0.2) is 4.68 Å². The molecule has 2 aliphatic rings. The highest BCUT2D eigenvalue weighted by Gasteiger charge is 2.59. The third-order valence-electron chi connectivity index (χ3n) is 6.43. The highest BCUT2D eigenvalue weighted by atomic mass is 35.5. The summed E-state index contributed by atoms with van der Waals surface area (Å²) in [5, 5.41) is 12.4. The van der Waals surface area contributed by atoms with Gasteiger partial charge < -0.3 is 14.8 Å². The molecular weight excluding hydrogens is 404 g/mol. The van der Waals surface area contributed by atoms with Gasteiger partial charge in [-0.2, -0.15) is 0 Å². The Labute approximate surface area is 182 Å². The van der Waals surface area contributed by atoms with E-state index in [1.165, 1.54) is 0 Å². The predicted molar refractivity (Wildman–Crippen MR) is 113 cm³/mol. The Morgan fingerprint density at radius 1 is 1.27 bits per heavy atom. The summed E-state index contributed by atoms with van der Waals surface area (Å²) in [6, 6.07) is 7.65. The first-order valence-corrected chi connectivity index (χ1v) is 11.0. The quantitative estimate of drug-likeness (QED) is 0.581. The maximum atomic E-state index is 12.6. The molecule has 1 amide bonds. The molecule has 4 rings (SSSR count). The third kappa shape index (κ3) is 4.68. The van der Waals surface area contributed by atoms with E-state index in [9.17, 15) is 4.79 Å². The van der Waals surface area contributed by atoms with Crippen LogP contribution in [0.3, 0.4) is 0 Å². The number of nitrogens with one attached hydrogen (secondary N) is 1. The zero-order chi connectivity index (χ0) is 21.1. The van der Waals surface area contributed by atoms with Crippen molar-refractivity contribution in [1.29, 1.82) is 0 Å². The molecule has 0 radical (unpaired) electrons. The number of aromatic nitrogens is 3. The molecule has 1 heterocycles. The van der Waals surface area contributed by atoms with E-state index in [1.54, 1.807) is 31.4 Å². The standard InChI is InChI=1S/C22H29ClN4O3/c1-3-20(24-22(28)14-4-6-15(23)7-5-14)21-18-10-17(11-19(18)21)27-12-16(25-26-27)13-30-9-8-29-2/h4-7,12,17-21H,3,8-11,13H2,1-2H3,(H,24,28)/t17-,18+,19-,20?,21-. The highest BCUT2D eigenvalue weighted by Crippen LogP contribution is 2.62. The summed E-state index contributed by atoms with van der Waals surface area (Å²) in [6.07, 6.45) is 5.12. The summed E-state index contributed by atoms with van der Waals surface area (Å²) in [5.41, 5.74) is 1.51. The van der Waals surface area contributed by atoms with E-state index in [0.717, 1.165) is 25.0 Å². The number of nitrogens with zero attached hydrogens (tertiary/aromatic N) is 3. The van der Waals surface area contributed by atoms with Crippen molar-refractivity contribution in [3.05, 3.63) is 46.7 Å². The molecule has 0 spiro atoms. The SMILES string of the molecule is CCC(NC(=O)c1ccc(Cl)cc1)[C@H]1[C@@H]2C[C@H](n3cc(COCCOC)nn3)C[C@@H]21. The van der Waals surface area contributed by atoms with Crippen LogP contribution in [0.15, 0.2) is 30.5 Å². The van der Waals surface area contributed by atoms with Crippen molar-refractivity contribution in [2.24, 2.45) is 17.8 Å². The maximum Gasteiger partial charge on any atom is 0.251 e. The first-order chi connectivity index (χ1) is 14.6. The Morgan fingerprint density at radius 2 is 2.00 bits per heavy atom. The summed E-state index contributed by atoms with van der Waals surface area (Å²) < 4.78 is 12.5. The van der Waals surface area contributed by atoms with E-state index in [0.29, 0.717) is 54.2 Å². The first kappa shape index (κ1) is 21.3. The van der Waals surface area contributed by atoms with Crippen LogP contribution >= 0.6 is 11.6 Å². The minimum absolute atomic E-state index is 0.0190. The topological polar surface area (TPSA) is 78.3 Å². The van der Waals surface area contributed by atoms with Gasteiger partial charge in [-0.1, -0.05) is 23.7 Å². The Balaban J connectivity index is 1.27. The molecular formula is C22H29ClN4O3. The van der Waals surface area contributed by atoms with Crippen molar-refractivity contribution in [2.75, 3.05) is 20.3 Å². The molecule has 2 aliphatic carbocycles. The molecule has 7 nitrogen and oxygen atoms in total. The lowest BCUT2D eigenvalue weighted by molar-refractivity contribution is 0.0601. The smallest absolute Gasteiger partial charge is 0.251 e. The van der Waals surface area contributed by atoms with Crippen molar-refractivity contribution < 1.29 is 14.3 Å². The van der Waals surface area contributed by atoms with E-state index in [2.05, 4.69) is 22.6 Å². The Morgan fingerprint density at radius 3 is 2.67 bits per heavy atom. The summed E-state index contributed by atoms with van der Waals surface area (Å²) >= 11 is 5.92. The number of rotatable bonds is 10. The second-order valence-electron chi connectivity index (χ2n) is 8.26. The number of carbonyl (C=O) groups is 1. The molecule has 1 N–H and O–H groups in total. The van der Waals surface area contributed by atoms with Gasteiger partial charge in [0.05, 0.1) is 32.1 Å². The first-order valence-electron chi connectivity index (χ1n) is 10.6. The molecule has 0 aliphatic heterocycles. The van der Waals surface area contributed by atoms with Crippen LogP contribution in [-0.2, 0) is 16.1 Å². The van der Waals surface area contributed by atoms with Crippen LogP contribution in [0.2, 0.25) is 5.02 Å². The van der Waals surface area contributed by atoms with E-state index in [1.807, 2.05) is 10.9 Å². The van der Waals surface area contributed by atoms with E-state index in [-0.39, 0.29) is 11.9 Å². The van der Waals surface area contributed by atoms with Crippen molar-refractivity contribution in [3.8, 4) is 0 Å². The second kappa shape index (κ2) is 9.45. The lowest BCUT2D eigenvalue weighted by Crippen LogP contribution is -2.37. The van der Waals surface area contributed by atoms with Crippen LogP contribution in [0.25, 0.3) is 0 Å². The van der Waals surface area contributed by atoms with E-state index >= 15 is 0 Å². The van der Waals surface area contributed by atoms with Crippen LogP contribution in [0.1, 0.15) is 48.3 Å². The summed E-state index contributed by atoms with van der Waals surface area (Å²) in [6.45, 7) is 3.74. The minimum Gasteiger partial charge on any atom is -0.382 e. The molecule has 2 saturated carbocycles. The fourth-order valence-electron chi connectivity index (χ4n) is 4.88. The zero-order valence-electron chi connectivity index (χ0n) is 17.5. The van der Waals surface area contributed by atoms with E-state index in [4.69, 9.17) is 21.1 Å². The molecule has 1 aromatic heterocycles. The van der Waals surface area contributed by atoms with Crippen molar-refractivity contribution in [3.63, 3.8) is 0 Å². The Kier molecular flexibility index (Phi) is 6.71. The van der Waals surface area contributed by atoms with Crippen LogP contribution in [0.4, 0.5) is 0 Å². The largest absolute Gasteiger partial charge is 0.382 e. The van der Waals surface area contributed by atoms with Gasteiger partial charge in [0.25, 0.3) is 5.91 Å². The number of benzene rings is 1. The number of fused-ring (bicyclic) bond motifs is 1. The van der Waals surface area contributed by atoms with Crippen LogP contribution in [0, 0.1) is 17.8 Å². The maximum absolute atomic E-state index is 12.6. The molecule has 0 bridgehead atoms. The van der Waals surface area contributed by atoms with Gasteiger partial charge in [0, 0.05) is 23.7 Å². The van der Waals surface area contributed by atoms with Crippen LogP contribution < -0.4 is 5.32 Å². The monoisotopic (exact) mass is 432 g/mol. The lowest BCUT2D eigenvalue weighted by atomic mass is 9.99. The van der Waals surface area contributed by atoms with Gasteiger partial charge in [-0.15, -0.1) is 5.10 Å². The Hall–Kier alpha value is -1.96. The third-order valence-corrected chi connectivity index (χ3v) is 6.68.